The molecule has 0 aromatic rings. The second-order valence-electron chi connectivity index (χ2n) is 1.79. The quantitative estimate of drug-likeness (QED) is 0.392. The highest BCUT2D eigenvalue weighted by molar-refractivity contribution is 5.67. The molecule has 0 aromatic heterocycles. The summed E-state index contributed by atoms with van der Waals surface area (Å²) in [5.74, 6) is 0. The summed E-state index contributed by atoms with van der Waals surface area (Å²) in [7, 11) is 0. The summed E-state index contributed by atoms with van der Waals surface area (Å²) in [4.78, 5) is 9.69. The Labute approximate surface area is 48.6 Å². The number of carbonyl (C=O) groups is 1. The molecule has 0 radical (unpaired) electrons. The molecule has 9 heavy (non-hydrogen) atoms. The minimum atomic E-state index is -4.53. The van der Waals surface area contributed by atoms with Crippen LogP contribution in [0.5, 0.6) is 0 Å². The molecule has 52 valence electrons. The van der Waals surface area contributed by atoms with Crippen molar-refractivity contribution in [3.63, 3.8) is 0 Å². The number of epoxide rings is 1. The molecule has 2 nitrogen and oxygen atoms in total. The van der Waals surface area contributed by atoms with Crippen LogP contribution in [-0.4, -0.2) is 24.7 Å². The van der Waals surface area contributed by atoms with Gasteiger partial charge >= 0.3 is 6.18 Å². The van der Waals surface area contributed by atoms with Crippen molar-refractivity contribution in [3.8, 4) is 0 Å². The summed E-state index contributed by atoms with van der Waals surface area (Å²) in [6.45, 7) is -0.528. The minimum absolute atomic E-state index is 0.215. The Hall–Kier alpha value is -0.580. The maximum Gasteiger partial charge on any atom is 0.426 e. The van der Waals surface area contributed by atoms with Crippen LogP contribution in [0.15, 0.2) is 0 Å². The van der Waals surface area contributed by atoms with E-state index < -0.39 is 18.4 Å². The smallest absolute Gasteiger partial charge is 0.353 e. The summed E-state index contributed by atoms with van der Waals surface area (Å²) < 4.78 is 38.5. The van der Waals surface area contributed by atoms with Gasteiger partial charge in [-0.3, -0.25) is 4.79 Å². The zero-order chi connectivity index (χ0) is 7.12. The molecular weight excluding hydrogens is 137 g/mol. The van der Waals surface area contributed by atoms with Gasteiger partial charge in [-0.1, -0.05) is 0 Å². The molecule has 0 saturated carbocycles. The van der Waals surface area contributed by atoms with Gasteiger partial charge in [-0.25, -0.2) is 0 Å². The molecule has 1 heterocycles. The van der Waals surface area contributed by atoms with Gasteiger partial charge in [-0.05, 0) is 0 Å². The van der Waals surface area contributed by atoms with E-state index in [0.29, 0.717) is 0 Å². The molecule has 0 amide bonds. The summed E-state index contributed by atoms with van der Waals surface area (Å²) in [6.07, 6.45) is -4.75. The number of hydrogen-bond acceptors (Lipinski definition) is 2. The van der Waals surface area contributed by atoms with E-state index >= 15 is 0 Å². The van der Waals surface area contributed by atoms with Crippen molar-refractivity contribution < 1.29 is 22.7 Å². The first-order valence-corrected chi connectivity index (χ1v) is 2.19. The van der Waals surface area contributed by atoms with Crippen LogP contribution in [0.2, 0.25) is 0 Å². The SMILES string of the molecule is O=C[C@@]1(C(F)(F)F)CO1. The summed E-state index contributed by atoms with van der Waals surface area (Å²) >= 11 is 0. The van der Waals surface area contributed by atoms with Gasteiger partial charge in [0.2, 0.25) is 5.60 Å². The maximum atomic E-state index is 11.5. The highest BCUT2D eigenvalue weighted by atomic mass is 19.4. The molecule has 1 aliphatic heterocycles. The van der Waals surface area contributed by atoms with Gasteiger partial charge in [0.05, 0.1) is 6.61 Å². The fraction of sp³-hybridized carbons (Fsp3) is 0.750. The van der Waals surface area contributed by atoms with Crippen LogP contribution in [0.25, 0.3) is 0 Å². The number of ether oxygens (including phenoxy) is 1. The third-order valence-electron chi connectivity index (χ3n) is 1.13. The van der Waals surface area contributed by atoms with E-state index in [1.54, 1.807) is 0 Å². The highest BCUT2D eigenvalue weighted by Crippen LogP contribution is 2.41. The first-order chi connectivity index (χ1) is 4.02. The van der Waals surface area contributed by atoms with Gasteiger partial charge in [-0.2, -0.15) is 13.2 Å². The van der Waals surface area contributed by atoms with Crippen LogP contribution < -0.4 is 0 Å². The molecule has 0 unspecified atom stereocenters. The lowest BCUT2D eigenvalue weighted by molar-refractivity contribution is -0.181. The van der Waals surface area contributed by atoms with Crippen molar-refractivity contribution in [1.82, 2.24) is 0 Å². The number of halogens is 3. The van der Waals surface area contributed by atoms with Gasteiger partial charge in [0.25, 0.3) is 0 Å². The number of aldehydes is 1. The molecule has 1 saturated heterocycles. The molecule has 1 aliphatic rings. The molecule has 1 atom stereocenters. The Morgan fingerprint density at radius 1 is 1.56 bits per heavy atom. The van der Waals surface area contributed by atoms with E-state index in [9.17, 15) is 18.0 Å². The molecule has 5 heteroatoms. The molecule has 0 bridgehead atoms. The average Bonchev–Trinajstić information content (AvgIpc) is 2.40. The van der Waals surface area contributed by atoms with Crippen molar-refractivity contribution >= 4 is 6.29 Å². The van der Waals surface area contributed by atoms with Gasteiger partial charge in [0.1, 0.15) is 0 Å². The zero-order valence-electron chi connectivity index (χ0n) is 4.23. The number of alkyl halides is 3. The normalized spacial score (nSPS) is 34.1. The third-order valence-corrected chi connectivity index (χ3v) is 1.13. The lowest BCUT2D eigenvalue weighted by Gasteiger charge is -2.06. The van der Waals surface area contributed by atoms with Gasteiger partial charge < -0.3 is 4.74 Å². The monoisotopic (exact) mass is 140 g/mol. The Kier molecular flexibility index (Phi) is 1.07. The van der Waals surface area contributed by atoms with Gasteiger partial charge in [0, 0.05) is 0 Å². The molecule has 0 aliphatic carbocycles. The Bertz CT molecular complexity index is 135. The number of hydrogen-bond donors (Lipinski definition) is 0. The van der Waals surface area contributed by atoms with E-state index in [0.717, 1.165) is 0 Å². The molecule has 0 spiro atoms. The van der Waals surface area contributed by atoms with Crippen LogP contribution in [0.4, 0.5) is 13.2 Å². The summed E-state index contributed by atoms with van der Waals surface area (Å²) in [5.41, 5.74) is -2.45. The van der Waals surface area contributed by atoms with E-state index in [1.807, 2.05) is 0 Å². The predicted octanol–water partition coefficient (Wildman–Crippen LogP) is 0.517. The van der Waals surface area contributed by atoms with E-state index in [2.05, 4.69) is 4.74 Å². The van der Waals surface area contributed by atoms with Crippen molar-refractivity contribution in [3.05, 3.63) is 0 Å². The standard InChI is InChI=1S/C4H3F3O2/c5-4(6,7)3(1-8)2-9-3/h1H,2H2/t3-/m0/s1. The fourth-order valence-corrected chi connectivity index (χ4v) is 0.376. The fourth-order valence-electron chi connectivity index (χ4n) is 0.376. The summed E-state index contributed by atoms with van der Waals surface area (Å²) in [6, 6.07) is 0. The molecule has 1 fully saturated rings. The van der Waals surface area contributed by atoms with Gasteiger partial charge in [-0.15, -0.1) is 0 Å². The first kappa shape index (κ1) is 6.54. The molecule has 1 rings (SSSR count). The van der Waals surface area contributed by atoms with E-state index in [1.165, 1.54) is 0 Å². The van der Waals surface area contributed by atoms with Crippen LogP contribution in [0, 0.1) is 0 Å². The predicted molar refractivity (Wildman–Crippen MR) is 20.8 cm³/mol. The Balaban J connectivity index is 2.71. The van der Waals surface area contributed by atoms with Crippen molar-refractivity contribution in [1.29, 1.82) is 0 Å². The number of carbonyl (C=O) groups excluding carboxylic acids is 1. The third kappa shape index (κ3) is 0.808. The van der Waals surface area contributed by atoms with E-state index in [4.69, 9.17) is 0 Å². The second kappa shape index (κ2) is 1.47. The highest BCUT2D eigenvalue weighted by Gasteiger charge is 2.66. The van der Waals surface area contributed by atoms with Gasteiger partial charge in [0.15, 0.2) is 6.29 Å². The van der Waals surface area contributed by atoms with Crippen LogP contribution in [-0.2, 0) is 9.53 Å². The lowest BCUT2D eigenvalue weighted by atomic mass is 10.2. The second-order valence-corrected chi connectivity index (χ2v) is 1.79. The number of rotatable bonds is 1. The Morgan fingerprint density at radius 2 is 2.00 bits per heavy atom. The molecular formula is C4H3F3O2. The van der Waals surface area contributed by atoms with Crippen molar-refractivity contribution in [2.45, 2.75) is 11.8 Å². The molecule has 0 aromatic carbocycles. The van der Waals surface area contributed by atoms with Crippen molar-refractivity contribution in [2.75, 3.05) is 6.61 Å². The average molecular weight is 140 g/mol. The largest absolute Gasteiger partial charge is 0.426 e. The molecule has 0 N–H and O–H groups in total. The van der Waals surface area contributed by atoms with E-state index in [-0.39, 0.29) is 6.29 Å². The maximum absolute atomic E-state index is 11.5. The zero-order valence-corrected chi connectivity index (χ0v) is 4.23. The lowest BCUT2D eigenvalue weighted by Crippen LogP contribution is -2.34. The minimum Gasteiger partial charge on any atom is -0.353 e. The topological polar surface area (TPSA) is 29.6 Å². The first-order valence-electron chi connectivity index (χ1n) is 2.19. The summed E-state index contributed by atoms with van der Waals surface area (Å²) in [5, 5.41) is 0. The van der Waals surface area contributed by atoms with Crippen molar-refractivity contribution in [2.24, 2.45) is 0 Å². The Morgan fingerprint density at radius 3 is 2.00 bits per heavy atom. The van der Waals surface area contributed by atoms with Crippen LogP contribution in [0.1, 0.15) is 0 Å². The van der Waals surface area contributed by atoms with Crippen LogP contribution in [0.3, 0.4) is 0 Å². The van der Waals surface area contributed by atoms with Crippen LogP contribution >= 0.6 is 0 Å².